The number of hydrogen-bond donors (Lipinski definition) is 1. The lowest BCUT2D eigenvalue weighted by molar-refractivity contribution is 0.953. The normalized spacial score (nSPS) is 12.5. The van der Waals surface area contributed by atoms with Crippen molar-refractivity contribution in [2.45, 2.75) is 6.04 Å². The van der Waals surface area contributed by atoms with Crippen molar-refractivity contribution in [1.82, 2.24) is 0 Å². The first-order chi connectivity index (χ1) is 4.74. The Morgan fingerprint density at radius 2 is 2.50 bits per heavy atom. The Kier molecular flexibility index (Phi) is 2.72. The van der Waals surface area contributed by atoms with Crippen molar-refractivity contribution < 1.29 is 0 Å². The zero-order chi connectivity index (χ0) is 7.56. The summed E-state index contributed by atoms with van der Waals surface area (Å²) >= 11 is 3.90. The lowest BCUT2D eigenvalue weighted by Crippen LogP contribution is -2.05. The zero-order valence-electron chi connectivity index (χ0n) is 5.17. The Morgan fingerprint density at radius 3 is 2.90 bits per heavy atom. The number of hydrogen-bond acceptors (Lipinski definition) is 2. The van der Waals surface area contributed by atoms with Gasteiger partial charge >= 0.3 is 0 Å². The minimum Gasteiger partial charge on any atom is -0.314 e. The van der Waals surface area contributed by atoms with E-state index in [0.29, 0.717) is 0 Å². The highest BCUT2D eigenvalue weighted by Gasteiger charge is 2.02. The Bertz CT molecular complexity index is 261. The molecule has 0 fully saturated rings. The summed E-state index contributed by atoms with van der Waals surface area (Å²) in [6, 6.07) is 1.77. The number of halogens is 1. The van der Waals surface area contributed by atoms with Crippen LogP contribution in [0.15, 0.2) is 11.4 Å². The molecule has 1 unspecified atom stereocenters. The molecule has 1 nitrogen and oxygen atoms in total. The van der Waals surface area contributed by atoms with E-state index in [9.17, 15) is 0 Å². The number of thiophene rings is 1. The molecule has 0 aromatic carbocycles. The van der Waals surface area contributed by atoms with Crippen LogP contribution >= 0.6 is 33.9 Å². The fourth-order valence-corrected chi connectivity index (χ4v) is 1.99. The van der Waals surface area contributed by atoms with Gasteiger partial charge in [0.1, 0.15) is 0 Å². The third-order valence-corrected chi connectivity index (χ3v) is 2.93. The summed E-state index contributed by atoms with van der Waals surface area (Å²) in [6.07, 6.45) is 5.14. The Balaban J connectivity index is 2.87. The lowest BCUT2D eigenvalue weighted by Gasteiger charge is -1.96. The van der Waals surface area contributed by atoms with Crippen molar-refractivity contribution >= 4 is 33.9 Å². The van der Waals surface area contributed by atoms with Crippen LogP contribution in [0.25, 0.3) is 0 Å². The molecule has 0 aliphatic rings. The van der Waals surface area contributed by atoms with Gasteiger partial charge in [0.2, 0.25) is 0 Å². The molecule has 0 saturated carbocycles. The van der Waals surface area contributed by atoms with Crippen molar-refractivity contribution in [3.8, 4) is 12.3 Å². The maximum absolute atomic E-state index is 5.57. The topological polar surface area (TPSA) is 26.0 Å². The third-order valence-electron chi connectivity index (χ3n) is 1.13. The molecule has 10 heavy (non-hydrogen) atoms. The van der Waals surface area contributed by atoms with E-state index in [2.05, 4.69) is 28.5 Å². The molecule has 0 saturated heterocycles. The van der Waals surface area contributed by atoms with Crippen LogP contribution in [0.5, 0.6) is 0 Å². The minimum absolute atomic E-state index is 0.236. The predicted molar refractivity (Wildman–Crippen MR) is 52.8 cm³/mol. The summed E-state index contributed by atoms with van der Waals surface area (Å²) < 4.78 is 1.22. The van der Waals surface area contributed by atoms with Crippen LogP contribution < -0.4 is 5.73 Å². The van der Waals surface area contributed by atoms with E-state index >= 15 is 0 Å². The van der Waals surface area contributed by atoms with Gasteiger partial charge in [0, 0.05) is 0 Å². The SMILES string of the molecule is C#CC(N)c1csc(I)c1. The minimum atomic E-state index is -0.236. The van der Waals surface area contributed by atoms with E-state index in [1.165, 1.54) is 2.88 Å². The van der Waals surface area contributed by atoms with Gasteiger partial charge < -0.3 is 5.73 Å². The van der Waals surface area contributed by atoms with E-state index in [4.69, 9.17) is 12.2 Å². The van der Waals surface area contributed by atoms with Gasteiger partial charge in [-0.2, -0.15) is 0 Å². The smallest absolute Gasteiger partial charge is 0.0926 e. The van der Waals surface area contributed by atoms with Crippen molar-refractivity contribution in [1.29, 1.82) is 0 Å². The second-order valence-corrected chi connectivity index (χ2v) is 4.63. The molecular weight excluding hydrogens is 257 g/mol. The molecule has 1 aromatic rings. The quantitative estimate of drug-likeness (QED) is 0.608. The molecule has 0 radical (unpaired) electrons. The van der Waals surface area contributed by atoms with Crippen LogP contribution in [0.4, 0.5) is 0 Å². The molecule has 0 spiro atoms. The summed E-state index contributed by atoms with van der Waals surface area (Å²) in [4.78, 5) is 0. The van der Waals surface area contributed by atoms with Crippen molar-refractivity contribution in [2.24, 2.45) is 5.73 Å². The average molecular weight is 263 g/mol. The Hall–Kier alpha value is -0.0500. The zero-order valence-corrected chi connectivity index (χ0v) is 8.15. The highest BCUT2D eigenvalue weighted by Crippen LogP contribution is 2.20. The van der Waals surface area contributed by atoms with Crippen LogP contribution in [0.2, 0.25) is 0 Å². The number of terminal acetylenes is 1. The largest absolute Gasteiger partial charge is 0.314 e. The molecule has 52 valence electrons. The van der Waals surface area contributed by atoms with E-state index in [1.807, 2.05) is 11.4 Å². The first-order valence-corrected chi connectivity index (χ1v) is 4.65. The fourth-order valence-electron chi connectivity index (χ4n) is 0.583. The molecule has 0 bridgehead atoms. The van der Waals surface area contributed by atoms with Gasteiger partial charge in [-0.25, -0.2) is 0 Å². The molecule has 0 amide bonds. The van der Waals surface area contributed by atoms with Gasteiger partial charge in [-0.15, -0.1) is 17.8 Å². The Labute approximate surface area is 77.8 Å². The fraction of sp³-hybridized carbons (Fsp3) is 0.143. The Morgan fingerprint density at radius 1 is 1.80 bits per heavy atom. The molecule has 1 atom stereocenters. The first kappa shape index (κ1) is 8.05. The van der Waals surface area contributed by atoms with Gasteiger partial charge in [-0.1, -0.05) is 5.92 Å². The van der Waals surface area contributed by atoms with E-state index in [1.54, 1.807) is 11.3 Å². The van der Waals surface area contributed by atoms with E-state index in [-0.39, 0.29) is 6.04 Å². The standard InChI is InChI=1S/C7H6INS/c1-2-6(9)5-3-7(8)10-4-5/h1,3-4,6H,9H2. The molecule has 2 N–H and O–H groups in total. The van der Waals surface area contributed by atoms with Crippen LogP contribution in [0, 0.1) is 15.2 Å². The molecule has 0 aliphatic carbocycles. The summed E-state index contributed by atoms with van der Waals surface area (Å²) in [6.45, 7) is 0. The number of nitrogens with two attached hydrogens (primary N) is 1. The lowest BCUT2D eigenvalue weighted by atomic mass is 10.2. The molecule has 1 aromatic heterocycles. The van der Waals surface area contributed by atoms with E-state index < -0.39 is 0 Å². The predicted octanol–water partition coefficient (Wildman–Crippen LogP) is 1.99. The second kappa shape index (κ2) is 3.37. The van der Waals surface area contributed by atoms with Gasteiger partial charge in [-0.05, 0) is 39.6 Å². The maximum atomic E-state index is 5.57. The van der Waals surface area contributed by atoms with Crippen molar-refractivity contribution in [3.05, 3.63) is 19.9 Å². The summed E-state index contributed by atoms with van der Waals surface area (Å²) in [5.74, 6) is 2.48. The molecule has 1 rings (SSSR count). The highest BCUT2D eigenvalue weighted by atomic mass is 127. The highest BCUT2D eigenvalue weighted by molar-refractivity contribution is 14.1. The third kappa shape index (κ3) is 1.72. The molecular formula is C7H6INS. The first-order valence-electron chi connectivity index (χ1n) is 2.69. The van der Waals surface area contributed by atoms with Gasteiger partial charge in [0.25, 0.3) is 0 Å². The molecule has 1 heterocycles. The van der Waals surface area contributed by atoms with Gasteiger partial charge in [0.05, 0.1) is 8.93 Å². The number of rotatable bonds is 1. The van der Waals surface area contributed by atoms with Crippen LogP contribution in [-0.2, 0) is 0 Å². The van der Waals surface area contributed by atoms with Gasteiger partial charge in [0.15, 0.2) is 0 Å². The summed E-state index contributed by atoms with van der Waals surface area (Å²) in [5, 5.41) is 1.99. The summed E-state index contributed by atoms with van der Waals surface area (Å²) in [5.41, 5.74) is 6.61. The summed E-state index contributed by atoms with van der Waals surface area (Å²) in [7, 11) is 0. The van der Waals surface area contributed by atoms with E-state index in [0.717, 1.165) is 5.56 Å². The maximum Gasteiger partial charge on any atom is 0.0926 e. The monoisotopic (exact) mass is 263 g/mol. The van der Waals surface area contributed by atoms with Crippen molar-refractivity contribution in [3.63, 3.8) is 0 Å². The van der Waals surface area contributed by atoms with Gasteiger partial charge in [-0.3, -0.25) is 0 Å². The van der Waals surface area contributed by atoms with Crippen LogP contribution in [0.3, 0.4) is 0 Å². The average Bonchev–Trinajstić information content (AvgIpc) is 2.34. The van der Waals surface area contributed by atoms with Crippen LogP contribution in [0.1, 0.15) is 11.6 Å². The molecule has 0 aliphatic heterocycles. The van der Waals surface area contributed by atoms with Crippen LogP contribution in [-0.4, -0.2) is 0 Å². The molecule has 3 heteroatoms. The van der Waals surface area contributed by atoms with Crippen molar-refractivity contribution in [2.75, 3.05) is 0 Å². The second-order valence-electron chi connectivity index (χ2n) is 1.83.